The maximum Gasteiger partial charge on any atom is 0.416 e. The molecule has 0 aliphatic heterocycles. The van der Waals surface area contributed by atoms with Gasteiger partial charge in [-0.3, -0.25) is 9.59 Å². The van der Waals surface area contributed by atoms with Crippen LogP contribution in [0.1, 0.15) is 23.6 Å². The first kappa shape index (κ1) is 19.5. The number of alkyl halides is 3. The van der Waals surface area contributed by atoms with E-state index in [0.717, 1.165) is 23.3 Å². The second-order valence-corrected chi connectivity index (χ2v) is 5.95. The molecule has 2 aromatic carbocycles. The van der Waals surface area contributed by atoms with E-state index >= 15 is 0 Å². The second kappa shape index (κ2) is 7.59. The van der Waals surface area contributed by atoms with Crippen molar-refractivity contribution in [3.05, 3.63) is 59.2 Å². The number of anilines is 2. The van der Waals surface area contributed by atoms with Crippen molar-refractivity contribution in [2.45, 2.75) is 26.9 Å². The van der Waals surface area contributed by atoms with Crippen LogP contribution in [0.25, 0.3) is 0 Å². The third-order valence-electron chi connectivity index (χ3n) is 4.04. The Morgan fingerprint density at radius 3 is 2.19 bits per heavy atom. The Hall–Kier alpha value is -2.83. The number of amides is 2. The largest absolute Gasteiger partial charge is 0.416 e. The van der Waals surface area contributed by atoms with Crippen LogP contribution in [-0.4, -0.2) is 18.4 Å². The van der Waals surface area contributed by atoms with Crippen molar-refractivity contribution < 1.29 is 22.8 Å². The highest BCUT2D eigenvalue weighted by molar-refractivity contribution is 6.02. The molecular weight excluding hydrogens is 345 g/mol. The van der Waals surface area contributed by atoms with Gasteiger partial charge in [-0.15, -0.1) is 0 Å². The van der Waals surface area contributed by atoms with Crippen LogP contribution < -0.4 is 10.2 Å². The number of nitrogens with one attached hydrogen (secondary N) is 1. The fourth-order valence-corrected chi connectivity index (χ4v) is 2.48. The van der Waals surface area contributed by atoms with Crippen LogP contribution in [0, 0.1) is 13.8 Å². The standard InChI is InChI=1S/C19H19F3N2O2/c1-12-5-4-6-17(13(12)2)24(14(3)25)11-18(26)23-16-9-7-15(8-10-16)19(20,21)22/h4-10H,11H2,1-3H3,(H,23,26). The zero-order chi connectivity index (χ0) is 19.5. The van der Waals surface area contributed by atoms with Gasteiger partial charge in [-0.1, -0.05) is 12.1 Å². The third-order valence-corrected chi connectivity index (χ3v) is 4.04. The summed E-state index contributed by atoms with van der Waals surface area (Å²) < 4.78 is 37.7. The average Bonchev–Trinajstić information content (AvgIpc) is 2.55. The van der Waals surface area contributed by atoms with Gasteiger partial charge in [-0.25, -0.2) is 0 Å². The Labute approximate surface area is 149 Å². The molecule has 2 rings (SSSR count). The maximum atomic E-state index is 12.6. The number of hydrogen-bond acceptors (Lipinski definition) is 2. The number of aryl methyl sites for hydroxylation is 1. The number of benzene rings is 2. The van der Waals surface area contributed by atoms with Gasteiger partial charge in [0.15, 0.2) is 0 Å². The molecule has 0 heterocycles. The predicted octanol–water partition coefficient (Wildman–Crippen LogP) is 4.31. The van der Waals surface area contributed by atoms with Crippen molar-refractivity contribution in [2.75, 3.05) is 16.8 Å². The molecule has 26 heavy (non-hydrogen) atoms. The molecule has 7 heteroatoms. The topological polar surface area (TPSA) is 49.4 Å². The van der Waals surface area contributed by atoms with Gasteiger partial charge in [0.1, 0.15) is 6.54 Å². The molecule has 4 nitrogen and oxygen atoms in total. The smallest absolute Gasteiger partial charge is 0.325 e. The fourth-order valence-electron chi connectivity index (χ4n) is 2.48. The van der Waals surface area contributed by atoms with Crippen molar-refractivity contribution in [3.8, 4) is 0 Å². The lowest BCUT2D eigenvalue weighted by molar-refractivity contribution is -0.137. The van der Waals surface area contributed by atoms with Gasteiger partial charge in [0, 0.05) is 18.3 Å². The lowest BCUT2D eigenvalue weighted by Gasteiger charge is -2.23. The normalized spacial score (nSPS) is 11.2. The molecule has 2 amide bonds. The minimum atomic E-state index is -4.43. The van der Waals surface area contributed by atoms with Gasteiger partial charge in [-0.2, -0.15) is 13.2 Å². The molecule has 0 fully saturated rings. The van der Waals surface area contributed by atoms with Crippen LogP contribution in [0.3, 0.4) is 0 Å². The Kier molecular flexibility index (Phi) is 5.69. The second-order valence-electron chi connectivity index (χ2n) is 5.95. The van der Waals surface area contributed by atoms with Gasteiger partial charge >= 0.3 is 6.18 Å². The average molecular weight is 364 g/mol. The van der Waals surface area contributed by atoms with Gasteiger partial charge in [-0.05, 0) is 55.3 Å². The summed E-state index contributed by atoms with van der Waals surface area (Å²) in [5, 5.41) is 2.51. The summed E-state index contributed by atoms with van der Waals surface area (Å²) in [5.74, 6) is -0.804. The van der Waals surface area contributed by atoms with E-state index in [1.807, 2.05) is 19.9 Å². The minimum Gasteiger partial charge on any atom is -0.325 e. The van der Waals surface area contributed by atoms with Gasteiger partial charge < -0.3 is 10.2 Å². The number of nitrogens with zero attached hydrogens (tertiary/aromatic N) is 1. The molecule has 2 aromatic rings. The van der Waals surface area contributed by atoms with Crippen LogP contribution in [0.2, 0.25) is 0 Å². The molecule has 0 unspecified atom stereocenters. The van der Waals surface area contributed by atoms with Gasteiger partial charge in [0.05, 0.1) is 5.56 Å². The highest BCUT2D eigenvalue weighted by atomic mass is 19.4. The van der Waals surface area contributed by atoms with Crippen LogP contribution in [0.15, 0.2) is 42.5 Å². The molecule has 138 valence electrons. The summed E-state index contributed by atoms with van der Waals surface area (Å²) in [4.78, 5) is 25.6. The van der Waals surface area contributed by atoms with E-state index in [4.69, 9.17) is 0 Å². The lowest BCUT2D eigenvalue weighted by Crippen LogP contribution is -2.37. The van der Waals surface area contributed by atoms with E-state index < -0.39 is 17.6 Å². The summed E-state index contributed by atoms with van der Waals surface area (Å²) in [6, 6.07) is 9.58. The summed E-state index contributed by atoms with van der Waals surface area (Å²) >= 11 is 0. The van der Waals surface area contributed by atoms with Crippen LogP contribution in [-0.2, 0) is 15.8 Å². The monoisotopic (exact) mass is 364 g/mol. The van der Waals surface area contributed by atoms with Crippen molar-refractivity contribution in [3.63, 3.8) is 0 Å². The SMILES string of the molecule is CC(=O)N(CC(=O)Nc1ccc(C(F)(F)F)cc1)c1cccc(C)c1C. The van der Waals surface area contributed by atoms with Crippen LogP contribution in [0.4, 0.5) is 24.5 Å². The van der Waals surface area contributed by atoms with E-state index in [0.29, 0.717) is 5.69 Å². The Morgan fingerprint density at radius 1 is 1.04 bits per heavy atom. The predicted molar refractivity (Wildman–Crippen MR) is 94.0 cm³/mol. The van der Waals surface area contributed by atoms with Crippen molar-refractivity contribution in [1.29, 1.82) is 0 Å². The maximum absolute atomic E-state index is 12.6. The number of hydrogen-bond donors (Lipinski definition) is 1. The molecule has 0 atom stereocenters. The zero-order valence-electron chi connectivity index (χ0n) is 14.6. The summed E-state index contributed by atoms with van der Waals surface area (Å²) in [6.45, 7) is 4.88. The van der Waals surface area contributed by atoms with Crippen LogP contribution >= 0.6 is 0 Å². The Bertz CT molecular complexity index is 815. The van der Waals surface area contributed by atoms with Crippen molar-refractivity contribution in [2.24, 2.45) is 0 Å². The van der Waals surface area contributed by atoms with Crippen molar-refractivity contribution >= 4 is 23.2 Å². The first-order chi connectivity index (χ1) is 12.1. The molecule has 0 aromatic heterocycles. The van der Waals surface area contributed by atoms with E-state index in [9.17, 15) is 22.8 Å². The van der Waals surface area contributed by atoms with Gasteiger partial charge in [0.2, 0.25) is 11.8 Å². The molecule has 0 saturated carbocycles. The van der Waals surface area contributed by atoms with Crippen LogP contribution in [0.5, 0.6) is 0 Å². The quantitative estimate of drug-likeness (QED) is 0.879. The first-order valence-electron chi connectivity index (χ1n) is 7.91. The van der Waals surface area contributed by atoms with Crippen molar-refractivity contribution in [1.82, 2.24) is 0 Å². The summed E-state index contributed by atoms with van der Waals surface area (Å²) in [7, 11) is 0. The highest BCUT2D eigenvalue weighted by Gasteiger charge is 2.30. The molecule has 0 aliphatic rings. The first-order valence-corrected chi connectivity index (χ1v) is 7.91. The number of carbonyl (C=O) groups excluding carboxylic acids is 2. The molecule has 0 spiro atoms. The number of rotatable bonds is 4. The Balaban J connectivity index is 2.13. The molecule has 1 N–H and O–H groups in total. The van der Waals surface area contributed by atoms with E-state index in [-0.39, 0.29) is 18.1 Å². The van der Waals surface area contributed by atoms with E-state index in [2.05, 4.69) is 5.32 Å². The van der Waals surface area contributed by atoms with E-state index in [1.165, 1.54) is 24.0 Å². The zero-order valence-corrected chi connectivity index (χ0v) is 14.6. The fraction of sp³-hybridized carbons (Fsp3) is 0.263. The molecule has 0 bridgehead atoms. The number of halogens is 3. The summed E-state index contributed by atoms with van der Waals surface area (Å²) in [6.07, 6.45) is -4.43. The van der Waals surface area contributed by atoms with Gasteiger partial charge in [0.25, 0.3) is 0 Å². The molecular formula is C19H19F3N2O2. The summed E-state index contributed by atoms with van der Waals surface area (Å²) in [5.41, 5.74) is 1.92. The third kappa shape index (κ3) is 4.62. The lowest BCUT2D eigenvalue weighted by atomic mass is 10.1. The highest BCUT2D eigenvalue weighted by Crippen LogP contribution is 2.30. The Morgan fingerprint density at radius 2 is 1.65 bits per heavy atom. The van der Waals surface area contributed by atoms with E-state index in [1.54, 1.807) is 12.1 Å². The molecule has 0 radical (unpaired) electrons. The number of carbonyl (C=O) groups is 2. The molecule has 0 aliphatic carbocycles. The molecule has 0 saturated heterocycles. The minimum absolute atomic E-state index is 0.229.